The van der Waals surface area contributed by atoms with E-state index in [9.17, 15) is 9.59 Å². The van der Waals surface area contributed by atoms with Crippen LogP contribution in [0.15, 0.2) is 36.7 Å². The zero-order chi connectivity index (χ0) is 17.1. The van der Waals surface area contributed by atoms with Crippen molar-refractivity contribution in [2.24, 2.45) is 0 Å². The molecule has 1 aromatic heterocycles. The van der Waals surface area contributed by atoms with Crippen LogP contribution in [0.3, 0.4) is 0 Å². The summed E-state index contributed by atoms with van der Waals surface area (Å²) in [5.74, 6) is -1.40. The topological polar surface area (TPSA) is 83.4 Å². The van der Waals surface area contributed by atoms with Crippen molar-refractivity contribution in [3.05, 3.63) is 58.6 Å². The summed E-state index contributed by atoms with van der Waals surface area (Å²) < 4.78 is 0. The largest absolute Gasteiger partial charge is 0.476 e. The Morgan fingerprint density at radius 1 is 1.21 bits per heavy atom. The lowest BCUT2D eigenvalue weighted by Crippen LogP contribution is -2.37. The average Bonchev–Trinajstić information content (AvgIpc) is 3.04. The number of likely N-dealkylation sites (tertiary alicyclic amines) is 1. The number of nitrogens with zero attached hydrogens (tertiary/aromatic N) is 3. The predicted molar refractivity (Wildman–Crippen MR) is 88.2 cm³/mol. The SMILES string of the molecule is O=C(O)c1cnc(C(=O)N2CCCC2Cc2ccccc2Cl)cn1. The molecule has 24 heavy (non-hydrogen) atoms. The summed E-state index contributed by atoms with van der Waals surface area (Å²) in [7, 11) is 0. The van der Waals surface area contributed by atoms with Crippen LogP contribution in [0.1, 0.15) is 39.4 Å². The standard InChI is InChI=1S/C17H16ClN3O3/c18-13-6-2-1-4-11(13)8-12-5-3-7-21(12)16(22)14-9-20-15(10-19-14)17(23)24/h1-2,4,6,9-10,12H,3,5,7-8H2,(H,23,24). The predicted octanol–water partition coefficient (Wildman–Crippen LogP) is 2.68. The van der Waals surface area contributed by atoms with Crippen molar-refractivity contribution in [2.75, 3.05) is 6.54 Å². The molecule has 1 unspecified atom stereocenters. The molecule has 6 nitrogen and oxygen atoms in total. The van der Waals surface area contributed by atoms with Gasteiger partial charge in [0, 0.05) is 17.6 Å². The number of benzene rings is 1. The number of carbonyl (C=O) groups excluding carboxylic acids is 1. The Hall–Kier alpha value is -2.47. The van der Waals surface area contributed by atoms with E-state index in [4.69, 9.17) is 16.7 Å². The van der Waals surface area contributed by atoms with Gasteiger partial charge in [-0.05, 0) is 30.9 Å². The van der Waals surface area contributed by atoms with Crippen LogP contribution in [0, 0.1) is 0 Å². The Morgan fingerprint density at radius 2 is 1.92 bits per heavy atom. The van der Waals surface area contributed by atoms with Crippen LogP contribution in [0.2, 0.25) is 5.02 Å². The van der Waals surface area contributed by atoms with Crippen molar-refractivity contribution >= 4 is 23.5 Å². The van der Waals surface area contributed by atoms with Crippen LogP contribution in [0.25, 0.3) is 0 Å². The van der Waals surface area contributed by atoms with Crippen LogP contribution in [-0.4, -0.2) is 44.4 Å². The van der Waals surface area contributed by atoms with E-state index >= 15 is 0 Å². The third-order valence-corrected chi connectivity index (χ3v) is 4.51. The Kier molecular flexibility index (Phi) is 4.76. The van der Waals surface area contributed by atoms with Gasteiger partial charge in [0.2, 0.25) is 0 Å². The molecule has 7 heteroatoms. The number of halogens is 1. The van der Waals surface area contributed by atoms with Crippen molar-refractivity contribution in [2.45, 2.75) is 25.3 Å². The molecule has 1 aliphatic heterocycles. The lowest BCUT2D eigenvalue weighted by molar-refractivity contribution is 0.0683. The lowest BCUT2D eigenvalue weighted by Gasteiger charge is -2.24. The fourth-order valence-electron chi connectivity index (χ4n) is 2.93. The second-order valence-electron chi connectivity index (χ2n) is 5.68. The third-order valence-electron chi connectivity index (χ3n) is 4.14. The van der Waals surface area contributed by atoms with Crippen molar-refractivity contribution < 1.29 is 14.7 Å². The molecule has 0 aliphatic carbocycles. The maximum atomic E-state index is 12.7. The maximum absolute atomic E-state index is 12.7. The summed E-state index contributed by atoms with van der Waals surface area (Å²) in [6, 6.07) is 7.67. The van der Waals surface area contributed by atoms with E-state index in [-0.39, 0.29) is 23.3 Å². The number of carboxylic acid groups (broad SMARTS) is 1. The first-order valence-corrected chi connectivity index (χ1v) is 8.04. The molecule has 1 amide bonds. The number of carbonyl (C=O) groups is 2. The van der Waals surface area contributed by atoms with Gasteiger partial charge in [0.15, 0.2) is 5.69 Å². The van der Waals surface area contributed by atoms with Gasteiger partial charge in [-0.15, -0.1) is 0 Å². The highest BCUT2D eigenvalue weighted by Gasteiger charge is 2.30. The second kappa shape index (κ2) is 6.97. The second-order valence-corrected chi connectivity index (χ2v) is 6.09. The number of amides is 1. The van der Waals surface area contributed by atoms with E-state index in [0.717, 1.165) is 24.6 Å². The monoisotopic (exact) mass is 345 g/mol. The number of aromatic nitrogens is 2. The average molecular weight is 346 g/mol. The van der Waals surface area contributed by atoms with E-state index in [1.165, 1.54) is 6.20 Å². The van der Waals surface area contributed by atoms with E-state index in [1.54, 1.807) is 4.90 Å². The third kappa shape index (κ3) is 3.38. The quantitative estimate of drug-likeness (QED) is 0.921. The summed E-state index contributed by atoms with van der Waals surface area (Å²) >= 11 is 6.21. The molecule has 0 radical (unpaired) electrons. The highest BCUT2D eigenvalue weighted by Crippen LogP contribution is 2.25. The van der Waals surface area contributed by atoms with E-state index in [2.05, 4.69) is 9.97 Å². The lowest BCUT2D eigenvalue weighted by atomic mass is 10.0. The van der Waals surface area contributed by atoms with E-state index in [1.807, 2.05) is 24.3 Å². The minimum absolute atomic E-state index is 0.0540. The molecular weight excluding hydrogens is 330 g/mol. The number of hydrogen-bond donors (Lipinski definition) is 1. The Balaban J connectivity index is 1.76. The number of hydrogen-bond acceptors (Lipinski definition) is 4. The van der Waals surface area contributed by atoms with Crippen LogP contribution in [-0.2, 0) is 6.42 Å². The smallest absolute Gasteiger partial charge is 0.356 e. The number of carboxylic acids is 1. The van der Waals surface area contributed by atoms with E-state index < -0.39 is 5.97 Å². The Morgan fingerprint density at radius 3 is 2.58 bits per heavy atom. The molecule has 1 aromatic carbocycles. The van der Waals surface area contributed by atoms with Crippen molar-refractivity contribution in [3.63, 3.8) is 0 Å². The van der Waals surface area contributed by atoms with Gasteiger partial charge in [-0.25, -0.2) is 14.8 Å². The first-order valence-electron chi connectivity index (χ1n) is 7.66. The first kappa shape index (κ1) is 16.4. The molecule has 1 N–H and O–H groups in total. The minimum Gasteiger partial charge on any atom is -0.476 e. The van der Waals surface area contributed by atoms with Gasteiger partial charge in [0.05, 0.1) is 12.4 Å². The molecule has 124 valence electrons. The van der Waals surface area contributed by atoms with Crippen molar-refractivity contribution in [1.82, 2.24) is 14.9 Å². The first-order chi connectivity index (χ1) is 11.6. The van der Waals surface area contributed by atoms with Crippen LogP contribution in [0.4, 0.5) is 0 Å². The molecule has 1 fully saturated rings. The van der Waals surface area contributed by atoms with Gasteiger partial charge >= 0.3 is 5.97 Å². The Bertz CT molecular complexity index is 764. The van der Waals surface area contributed by atoms with Gasteiger partial charge in [0.1, 0.15) is 5.69 Å². The van der Waals surface area contributed by atoms with Gasteiger partial charge in [0.25, 0.3) is 5.91 Å². The summed E-state index contributed by atoms with van der Waals surface area (Å²) in [6.07, 6.45) is 4.83. The maximum Gasteiger partial charge on any atom is 0.356 e. The molecule has 1 atom stereocenters. The Labute approximate surface area is 144 Å². The highest BCUT2D eigenvalue weighted by atomic mass is 35.5. The van der Waals surface area contributed by atoms with Crippen molar-refractivity contribution in [3.8, 4) is 0 Å². The molecule has 0 saturated carbocycles. The summed E-state index contributed by atoms with van der Waals surface area (Å²) in [5, 5.41) is 9.54. The summed E-state index contributed by atoms with van der Waals surface area (Å²) in [5.41, 5.74) is 0.989. The minimum atomic E-state index is -1.17. The molecule has 2 heterocycles. The summed E-state index contributed by atoms with van der Waals surface area (Å²) in [4.78, 5) is 32.9. The van der Waals surface area contributed by atoms with Gasteiger partial charge < -0.3 is 10.0 Å². The fourth-order valence-corrected chi connectivity index (χ4v) is 3.14. The van der Waals surface area contributed by atoms with Gasteiger partial charge in [-0.1, -0.05) is 29.8 Å². The number of rotatable bonds is 4. The molecule has 3 rings (SSSR count). The van der Waals surface area contributed by atoms with Crippen LogP contribution < -0.4 is 0 Å². The normalized spacial score (nSPS) is 17.0. The molecule has 2 aromatic rings. The zero-order valence-corrected chi connectivity index (χ0v) is 13.6. The van der Waals surface area contributed by atoms with Gasteiger partial charge in [-0.2, -0.15) is 0 Å². The molecule has 0 bridgehead atoms. The van der Waals surface area contributed by atoms with E-state index in [0.29, 0.717) is 18.0 Å². The van der Waals surface area contributed by atoms with Crippen LogP contribution in [0.5, 0.6) is 0 Å². The zero-order valence-electron chi connectivity index (χ0n) is 12.9. The summed E-state index contributed by atoms with van der Waals surface area (Å²) in [6.45, 7) is 0.649. The molecule has 1 saturated heterocycles. The van der Waals surface area contributed by atoms with Crippen LogP contribution >= 0.6 is 11.6 Å². The highest BCUT2D eigenvalue weighted by molar-refractivity contribution is 6.31. The number of aromatic carboxylic acids is 1. The molecule has 1 aliphatic rings. The van der Waals surface area contributed by atoms with Gasteiger partial charge in [-0.3, -0.25) is 4.79 Å². The fraction of sp³-hybridized carbons (Fsp3) is 0.294. The molecular formula is C17H16ClN3O3. The van der Waals surface area contributed by atoms with Crippen molar-refractivity contribution in [1.29, 1.82) is 0 Å². The molecule has 0 spiro atoms.